The van der Waals surface area contributed by atoms with E-state index in [4.69, 9.17) is 16.0 Å². The van der Waals surface area contributed by atoms with Crippen molar-refractivity contribution in [2.45, 2.75) is 24.0 Å². The molecule has 7 nitrogen and oxygen atoms in total. The van der Waals surface area contributed by atoms with Crippen molar-refractivity contribution in [3.63, 3.8) is 0 Å². The van der Waals surface area contributed by atoms with Gasteiger partial charge in [0.1, 0.15) is 0 Å². The van der Waals surface area contributed by atoms with Crippen molar-refractivity contribution in [2.24, 2.45) is 0 Å². The van der Waals surface area contributed by atoms with E-state index in [1.54, 1.807) is 44.2 Å². The molecule has 27 heavy (non-hydrogen) atoms. The number of anilines is 1. The Morgan fingerprint density at radius 2 is 1.81 bits per heavy atom. The molecule has 140 valence electrons. The molecule has 0 radical (unpaired) electrons. The molecule has 3 aromatic rings. The van der Waals surface area contributed by atoms with Gasteiger partial charge in [0.15, 0.2) is 9.84 Å². The Morgan fingerprint density at radius 3 is 2.44 bits per heavy atom. The zero-order valence-corrected chi connectivity index (χ0v) is 16.1. The SMILES string of the molecule is CC(C)S(=O)(=O)c1ccc(-c2nnc(NC(=O)c3cccc(Cl)c3)o2)cc1. The summed E-state index contributed by atoms with van der Waals surface area (Å²) in [6.45, 7) is 3.24. The zero-order valence-electron chi connectivity index (χ0n) is 14.5. The first kappa shape index (κ1) is 19.1. The van der Waals surface area contributed by atoms with Crippen LogP contribution in [0.25, 0.3) is 11.5 Å². The summed E-state index contributed by atoms with van der Waals surface area (Å²) >= 11 is 5.87. The van der Waals surface area contributed by atoms with Crippen molar-refractivity contribution in [3.8, 4) is 11.5 Å². The number of amides is 1. The topological polar surface area (TPSA) is 102 Å². The number of nitrogens with zero attached hydrogens (tertiary/aromatic N) is 2. The summed E-state index contributed by atoms with van der Waals surface area (Å²) in [6, 6.07) is 12.5. The van der Waals surface area contributed by atoms with E-state index in [-0.39, 0.29) is 16.8 Å². The zero-order chi connectivity index (χ0) is 19.6. The molecule has 1 amide bonds. The van der Waals surface area contributed by atoms with Gasteiger partial charge in [-0.1, -0.05) is 22.8 Å². The second kappa shape index (κ2) is 7.50. The highest BCUT2D eigenvalue weighted by atomic mass is 35.5. The average molecular weight is 406 g/mol. The lowest BCUT2D eigenvalue weighted by Crippen LogP contribution is -2.13. The van der Waals surface area contributed by atoms with Gasteiger partial charge in [-0.25, -0.2) is 8.42 Å². The second-order valence-electron chi connectivity index (χ2n) is 5.99. The maximum absolute atomic E-state index is 12.2. The third kappa shape index (κ3) is 4.17. The van der Waals surface area contributed by atoms with E-state index in [1.807, 2.05) is 0 Å². The number of hydrogen-bond donors (Lipinski definition) is 1. The van der Waals surface area contributed by atoms with Crippen molar-refractivity contribution >= 4 is 33.4 Å². The number of nitrogens with one attached hydrogen (secondary N) is 1. The Morgan fingerprint density at radius 1 is 1.11 bits per heavy atom. The predicted octanol–water partition coefficient (Wildman–Crippen LogP) is 3.82. The van der Waals surface area contributed by atoms with E-state index in [1.165, 1.54) is 18.2 Å². The van der Waals surface area contributed by atoms with Crippen LogP contribution in [0.3, 0.4) is 0 Å². The highest BCUT2D eigenvalue weighted by Gasteiger charge is 2.19. The lowest BCUT2D eigenvalue weighted by atomic mass is 10.2. The average Bonchev–Trinajstić information content (AvgIpc) is 3.10. The molecule has 0 saturated heterocycles. The second-order valence-corrected chi connectivity index (χ2v) is 8.94. The van der Waals surface area contributed by atoms with Crippen LogP contribution in [-0.4, -0.2) is 29.8 Å². The summed E-state index contributed by atoms with van der Waals surface area (Å²) < 4.78 is 29.7. The Balaban J connectivity index is 1.77. The summed E-state index contributed by atoms with van der Waals surface area (Å²) in [4.78, 5) is 12.4. The standard InChI is InChI=1S/C18H16ClN3O4S/c1-11(2)27(24,25)15-8-6-12(7-9-15)17-21-22-18(26-17)20-16(23)13-4-3-5-14(19)10-13/h3-11H,1-2H3,(H,20,22,23). The van der Waals surface area contributed by atoms with Crippen molar-refractivity contribution in [3.05, 3.63) is 59.1 Å². The number of rotatable bonds is 5. The molecule has 9 heteroatoms. The largest absolute Gasteiger partial charge is 0.403 e. The van der Waals surface area contributed by atoms with Crippen LogP contribution < -0.4 is 5.32 Å². The number of sulfone groups is 1. The number of aromatic nitrogens is 2. The molecule has 3 rings (SSSR count). The molecule has 0 aliphatic rings. The molecular formula is C18H16ClN3O4S. The van der Waals surface area contributed by atoms with Gasteiger partial charge in [0.2, 0.25) is 5.89 Å². The summed E-state index contributed by atoms with van der Waals surface area (Å²) in [7, 11) is -3.36. The first-order valence-corrected chi connectivity index (χ1v) is 9.94. The lowest BCUT2D eigenvalue weighted by molar-refractivity contribution is 0.102. The lowest BCUT2D eigenvalue weighted by Gasteiger charge is -2.07. The van der Waals surface area contributed by atoms with E-state index < -0.39 is 21.0 Å². The first-order valence-electron chi connectivity index (χ1n) is 8.02. The number of carbonyl (C=O) groups is 1. The number of benzene rings is 2. The maximum Gasteiger partial charge on any atom is 0.322 e. The van der Waals surface area contributed by atoms with Gasteiger partial charge in [0, 0.05) is 16.1 Å². The number of hydrogen-bond acceptors (Lipinski definition) is 6. The van der Waals surface area contributed by atoms with Crippen LogP contribution in [0, 0.1) is 0 Å². The van der Waals surface area contributed by atoms with Crippen LogP contribution in [0.4, 0.5) is 6.01 Å². The van der Waals surface area contributed by atoms with Gasteiger partial charge in [-0.15, -0.1) is 5.10 Å². The van der Waals surface area contributed by atoms with Gasteiger partial charge in [0.05, 0.1) is 10.1 Å². The minimum atomic E-state index is -3.36. The van der Waals surface area contributed by atoms with Gasteiger partial charge in [0.25, 0.3) is 5.91 Å². The third-order valence-corrected chi connectivity index (χ3v) is 6.19. The van der Waals surface area contributed by atoms with E-state index >= 15 is 0 Å². The van der Waals surface area contributed by atoms with Crippen molar-refractivity contribution in [1.29, 1.82) is 0 Å². The molecule has 0 fully saturated rings. The smallest absolute Gasteiger partial charge is 0.322 e. The van der Waals surface area contributed by atoms with Gasteiger partial charge in [-0.3, -0.25) is 10.1 Å². The van der Waals surface area contributed by atoms with Gasteiger partial charge in [-0.05, 0) is 56.3 Å². The highest BCUT2D eigenvalue weighted by Crippen LogP contribution is 2.23. The van der Waals surface area contributed by atoms with Crippen LogP contribution in [0.1, 0.15) is 24.2 Å². The van der Waals surface area contributed by atoms with Crippen molar-refractivity contribution in [2.75, 3.05) is 5.32 Å². The molecule has 1 heterocycles. The predicted molar refractivity (Wildman–Crippen MR) is 101 cm³/mol. The van der Waals surface area contributed by atoms with E-state index in [0.29, 0.717) is 16.1 Å². The monoisotopic (exact) mass is 405 g/mol. The van der Waals surface area contributed by atoms with E-state index in [0.717, 1.165) is 0 Å². The Hall–Kier alpha value is -2.71. The first-order chi connectivity index (χ1) is 12.8. The fourth-order valence-electron chi connectivity index (χ4n) is 2.25. The van der Waals surface area contributed by atoms with Crippen LogP contribution in [-0.2, 0) is 9.84 Å². The van der Waals surface area contributed by atoms with Gasteiger partial charge in [-0.2, -0.15) is 0 Å². The molecule has 1 N–H and O–H groups in total. The minimum Gasteiger partial charge on any atom is -0.403 e. The van der Waals surface area contributed by atoms with E-state index in [2.05, 4.69) is 15.5 Å². The molecule has 0 unspecified atom stereocenters. The quantitative estimate of drug-likeness (QED) is 0.692. The minimum absolute atomic E-state index is 0.0751. The van der Waals surface area contributed by atoms with Crippen LogP contribution in [0.5, 0.6) is 0 Å². The molecule has 1 aromatic heterocycles. The molecule has 0 aliphatic carbocycles. The summed E-state index contributed by atoms with van der Waals surface area (Å²) in [5, 5.41) is 10.1. The molecule has 2 aromatic carbocycles. The number of carbonyl (C=O) groups excluding carboxylic acids is 1. The summed E-state index contributed by atoms with van der Waals surface area (Å²) in [6.07, 6.45) is 0. The molecule has 0 spiro atoms. The Labute approximate surface area is 161 Å². The van der Waals surface area contributed by atoms with Gasteiger partial charge >= 0.3 is 6.01 Å². The summed E-state index contributed by atoms with van der Waals surface area (Å²) in [5.41, 5.74) is 0.888. The van der Waals surface area contributed by atoms with Crippen molar-refractivity contribution < 1.29 is 17.6 Å². The summed E-state index contributed by atoms with van der Waals surface area (Å²) in [5.74, 6) is -0.282. The Kier molecular flexibility index (Phi) is 5.29. The highest BCUT2D eigenvalue weighted by molar-refractivity contribution is 7.92. The van der Waals surface area contributed by atoms with Crippen molar-refractivity contribution in [1.82, 2.24) is 10.2 Å². The van der Waals surface area contributed by atoms with E-state index in [9.17, 15) is 13.2 Å². The van der Waals surface area contributed by atoms with Crippen LogP contribution >= 0.6 is 11.6 Å². The van der Waals surface area contributed by atoms with Gasteiger partial charge < -0.3 is 4.42 Å². The fraction of sp³-hybridized carbons (Fsp3) is 0.167. The molecule has 0 saturated carbocycles. The van der Waals surface area contributed by atoms with Crippen LogP contribution in [0.2, 0.25) is 5.02 Å². The molecule has 0 aliphatic heterocycles. The molecular weight excluding hydrogens is 390 g/mol. The molecule has 0 atom stereocenters. The third-order valence-electron chi connectivity index (χ3n) is 3.78. The Bertz CT molecular complexity index is 1080. The number of halogens is 1. The normalized spacial score (nSPS) is 11.6. The maximum atomic E-state index is 12.2. The molecule has 0 bridgehead atoms. The van der Waals surface area contributed by atoms with Crippen LogP contribution in [0.15, 0.2) is 57.8 Å². The fourth-order valence-corrected chi connectivity index (χ4v) is 3.50.